The van der Waals surface area contributed by atoms with Gasteiger partial charge in [-0.25, -0.2) is 17.6 Å². The van der Waals surface area contributed by atoms with E-state index in [-0.39, 0.29) is 20.1 Å². The monoisotopic (exact) mass is 408 g/mol. The number of benzene rings is 2. The molecular formula is C14H6Br2F4. The Morgan fingerprint density at radius 3 is 1.30 bits per heavy atom. The third-order valence-corrected chi connectivity index (χ3v) is 3.74. The number of halogens is 6. The molecule has 0 aromatic heterocycles. The van der Waals surface area contributed by atoms with E-state index in [0.29, 0.717) is 0 Å². The van der Waals surface area contributed by atoms with Gasteiger partial charge in [0.05, 0.1) is 8.95 Å². The summed E-state index contributed by atoms with van der Waals surface area (Å²) in [4.78, 5) is 0. The summed E-state index contributed by atoms with van der Waals surface area (Å²) >= 11 is 5.70. The van der Waals surface area contributed by atoms with E-state index in [1.807, 2.05) is 0 Å². The van der Waals surface area contributed by atoms with Gasteiger partial charge in [0.1, 0.15) is 23.3 Å². The number of hydrogen-bond acceptors (Lipinski definition) is 0. The lowest BCUT2D eigenvalue weighted by atomic mass is 10.1. The van der Waals surface area contributed by atoms with Crippen LogP contribution in [0.4, 0.5) is 17.6 Å². The van der Waals surface area contributed by atoms with Crippen molar-refractivity contribution in [3.8, 4) is 0 Å². The first kappa shape index (κ1) is 15.3. The fraction of sp³-hybridized carbons (Fsp3) is 0. The van der Waals surface area contributed by atoms with Gasteiger partial charge in [-0.2, -0.15) is 0 Å². The first-order valence-corrected chi connectivity index (χ1v) is 6.94. The Morgan fingerprint density at radius 2 is 0.950 bits per heavy atom. The van der Waals surface area contributed by atoms with Gasteiger partial charge in [-0.3, -0.25) is 0 Å². The molecule has 0 amide bonds. The summed E-state index contributed by atoms with van der Waals surface area (Å²) in [6.45, 7) is 0. The van der Waals surface area contributed by atoms with Crippen LogP contribution in [0.25, 0.3) is 12.2 Å². The Kier molecular flexibility index (Phi) is 4.65. The van der Waals surface area contributed by atoms with E-state index >= 15 is 0 Å². The maximum Gasteiger partial charge on any atom is 0.138 e. The topological polar surface area (TPSA) is 0 Å². The van der Waals surface area contributed by atoms with Crippen molar-refractivity contribution in [2.24, 2.45) is 0 Å². The molecule has 0 radical (unpaired) electrons. The molecule has 2 aromatic rings. The van der Waals surface area contributed by atoms with Crippen LogP contribution in [0.15, 0.2) is 33.2 Å². The molecule has 6 heteroatoms. The zero-order chi connectivity index (χ0) is 14.9. The van der Waals surface area contributed by atoms with Gasteiger partial charge < -0.3 is 0 Å². The van der Waals surface area contributed by atoms with Crippen molar-refractivity contribution < 1.29 is 17.6 Å². The normalized spacial score (nSPS) is 11.3. The Morgan fingerprint density at radius 1 is 0.600 bits per heavy atom. The Labute approximate surface area is 129 Å². The van der Waals surface area contributed by atoms with Gasteiger partial charge in [0, 0.05) is 11.1 Å². The lowest BCUT2D eigenvalue weighted by molar-refractivity contribution is 0.591. The highest BCUT2D eigenvalue weighted by atomic mass is 79.9. The van der Waals surface area contributed by atoms with E-state index in [9.17, 15) is 17.6 Å². The van der Waals surface area contributed by atoms with Gasteiger partial charge in [-0.05, 0) is 56.1 Å². The smallest absolute Gasteiger partial charge is 0.138 e. The van der Waals surface area contributed by atoms with Crippen LogP contribution in [0.2, 0.25) is 0 Å². The average molecular weight is 410 g/mol. The highest BCUT2D eigenvalue weighted by Crippen LogP contribution is 2.24. The summed E-state index contributed by atoms with van der Waals surface area (Å²) in [6.07, 6.45) is 2.35. The second-order valence-corrected chi connectivity index (χ2v) is 5.62. The van der Waals surface area contributed by atoms with Crippen LogP contribution in [0.1, 0.15) is 11.1 Å². The van der Waals surface area contributed by atoms with Gasteiger partial charge in [0.15, 0.2) is 0 Å². The second-order valence-electron chi connectivity index (χ2n) is 3.91. The van der Waals surface area contributed by atoms with Gasteiger partial charge in [0.25, 0.3) is 0 Å². The molecule has 0 fully saturated rings. The summed E-state index contributed by atoms with van der Waals surface area (Å²) in [5, 5.41) is 0. The van der Waals surface area contributed by atoms with Gasteiger partial charge in [-0.15, -0.1) is 0 Å². The Hall–Kier alpha value is -1.14. The number of hydrogen-bond donors (Lipinski definition) is 0. The van der Waals surface area contributed by atoms with Crippen LogP contribution in [-0.4, -0.2) is 0 Å². The molecule has 0 atom stereocenters. The number of rotatable bonds is 2. The van der Waals surface area contributed by atoms with Gasteiger partial charge in [0.2, 0.25) is 0 Å². The van der Waals surface area contributed by atoms with Gasteiger partial charge in [-0.1, -0.05) is 12.2 Å². The summed E-state index contributed by atoms with van der Waals surface area (Å²) in [7, 11) is 0. The van der Waals surface area contributed by atoms with Crippen molar-refractivity contribution in [3.05, 3.63) is 67.6 Å². The maximum atomic E-state index is 13.6. The summed E-state index contributed by atoms with van der Waals surface area (Å²) in [5.74, 6) is -2.64. The van der Waals surface area contributed by atoms with Crippen LogP contribution in [0, 0.1) is 23.3 Å². The molecule has 0 saturated carbocycles. The molecule has 0 aliphatic rings. The SMILES string of the molecule is Fc1cc(/C=C/c2cc(F)c(Br)cc2F)c(F)cc1Br. The predicted octanol–water partition coefficient (Wildman–Crippen LogP) is 5.94. The minimum absolute atomic E-state index is 0.00647. The lowest BCUT2D eigenvalue weighted by Gasteiger charge is -2.02. The van der Waals surface area contributed by atoms with Crippen molar-refractivity contribution in [1.82, 2.24) is 0 Å². The minimum atomic E-state index is -0.674. The van der Waals surface area contributed by atoms with Crippen molar-refractivity contribution in [2.75, 3.05) is 0 Å². The molecule has 2 rings (SSSR count). The van der Waals surface area contributed by atoms with Crippen LogP contribution >= 0.6 is 31.9 Å². The largest absolute Gasteiger partial charge is 0.206 e. The summed E-state index contributed by atoms with van der Waals surface area (Å²) in [6, 6.07) is 3.85. The van der Waals surface area contributed by atoms with Crippen molar-refractivity contribution in [2.45, 2.75) is 0 Å². The van der Waals surface area contributed by atoms with E-state index in [0.717, 1.165) is 24.3 Å². The highest BCUT2D eigenvalue weighted by Gasteiger charge is 2.08. The molecular weight excluding hydrogens is 404 g/mol. The quantitative estimate of drug-likeness (QED) is 0.327. The molecule has 104 valence electrons. The highest BCUT2D eigenvalue weighted by molar-refractivity contribution is 9.10. The molecule has 0 N–H and O–H groups in total. The molecule has 20 heavy (non-hydrogen) atoms. The first-order valence-electron chi connectivity index (χ1n) is 5.35. The third-order valence-electron chi connectivity index (χ3n) is 2.52. The molecule has 0 aliphatic heterocycles. The van der Waals surface area contributed by atoms with Crippen LogP contribution in [0.5, 0.6) is 0 Å². The zero-order valence-electron chi connectivity index (χ0n) is 9.73. The summed E-state index contributed by atoms with van der Waals surface area (Å²) in [5.41, 5.74) is -0.123. The van der Waals surface area contributed by atoms with E-state index in [4.69, 9.17) is 0 Å². The van der Waals surface area contributed by atoms with E-state index in [1.165, 1.54) is 12.2 Å². The van der Waals surface area contributed by atoms with E-state index in [1.54, 1.807) is 0 Å². The van der Waals surface area contributed by atoms with E-state index < -0.39 is 23.3 Å². The van der Waals surface area contributed by atoms with Crippen LogP contribution in [0.3, 0.4) is 0 Å². The van der Waals surface area contributed by atoms with Crippen LogP contribution < -0.4 is 0 Å². The Bertz CT molecular complexity index is 637. The average Bonchev–Trinajstić information content (AvgIpc) is 2.37. The molecule has 0 bridgehead atoms. The minimum Gasteiger partial charge on any atom is -0.206 e. The fourth-order valence-corrected chi connectivity index (χ4v) is 2.14. The summed E-state index contributed by atoms with van der Waals surface area (Å²) < 4.78 is 53.7. The molecule has 0 nitrogen and oxygen atoms in total. The van der Waals surface area contributed by atoms with Crippen LogP contribution in [-0.2, 0) is 0 Å². The maximum absolute atomic E-state index is 13.6. The molecule has 0 saturated heterocycles. The first-order chi connectivity index (χ1) is 9.38. The van der Waals surface area contributed by atoms with Gasteiger partial charge >= 0.3 is 0 Å². The lowest BCUT2D eigenvalue weighted by Crippen LogP contribution is -1.88. The van der Waals surface area contributed by atoms with Crippen molar-refractivity contribution >= 4 is 44.0 Å². The third kappa shape index (κ3) is 3.30. The standard InChI is InChI=1S/C14H6Br2F4/c15-9-5-11(17)7(3-13(9)19)1-2-8-4-14(20)10(16)6-12(8)18/h1-6H/b2-1+. The van der Waals surface area contributed by atoms with Crippen molar-refractivity contribution in [1.29, 1.82) is 0 Å². The second kappa shape index (κ2) is 6.10. The van der Waals surface area contributed by atoms with Crippen molar-refractivity contribution in [3.63, 3.8) is 0 Å². The Balaban J connectivity index is 2.39. The molecule has 0 heterocycles. The molecule has 0 spiro atoms. The molecule has 2 aromatic carbocycles. The molecule has 0 unspecified atom stereocenters. The zero-order valence-corrected chi connectivity index (χ0v) is 12.9. The van der Waals surface area contributed by atoms with E-state index in [2.05, 4.69) is 31.9 Å². The predicted molar refractivity (Wildman–Crippen MR) is 77.0 cm³/mol. The molecule has 0 aliphatic carbocycles. The fourth-order valence-electron chi connectivity index (χ4n) is 1.51.